The van der Waals surface area contributed by atoms with E-state index in [0.717, 1.165) is 19.6 Å². The summed E-state index contributed by atoms with van der Waals surface area (Å²) >= 11 is 0. The Bertz CT molecular complexity index is 259. The number of hydrogen-bond donors (Lipinski definition) is 2. The maximum absolute atomic E-state index is 11.7. The van der Waals surface area contributed by atoms with E-state index in [1.54, 1.807) is 0 Å². The van der Waals surface area contributed by atoms with Gasteiger partial charge in [0.05, 0.1) is 5.25 Å². The lowest BCUT2D eigenvalue weighted by Gasteiger charge is -2.19. The van der Waals surface area contributed by atoms with Crippen LogP contribution in [-0.2, 0) is 10.0 Å². The molecule has 1 unspecified atom stereocenters. The van der Waals surface area contributed by atoms with Gasteiger partial charge < -0.3 is 10.6 Å². The van der Waals surface area contributed by atoms with Gasteiger partial charge in [0.2, 0.25) is 10.0 Å². The summed E-state index contributed by atoms with van der Waals surface area (Å²) in [4.78, 5) is 2.17. The number of nitrogens with zero attached hydrogens (tertiary/aromatic N) is 1. The third-order valence-corrected chi connectivity index (χ3v) is 4.79. The van der Waals surface area contributed by atoms with E-state index >= 15 is 0 Å². The van der Waals surface area contributed by atoms with Crippen molar-refractivity contribution in [3.8, 4) is 0 Å². The molecule has 0 bridgehead atoms. The number of sulfonamides is 1. The van der Waals surface area contributed by atoms with Gasteiger partial charge in [-0.3, -0.25) is 0 Å². The summed E-state index contributed by atoms with van der Waals surface area (Å²) < 4.78 is 26.1. The summed E-state index contributed by atoms with van der Waals surface area (Å²) in [6.07, 6.45) is 0.553. The van der Waals surface area contributed by atoms with Gasteiger partial charge in [0.15, 0.2) is 0 Å². The Kier molecular flexibility index (Phi) is 7.91. The maximum Gasteiger partial charge on any atom is 0.215 e. The fourth-order valence-electron chi connectivity index (χ4n) is 1.52. The minimum atomic E-state index is -3.24. The Labute approximate surface area is 99.4 Å². The number of rotatable bonds is 9. The summed E-state index contributed by atoms with van der Waals surface area (Å²) in [6, 6.07) is 0. The van der Waals surface area contributed by atoms with Crippen molar-refractivity contribution in [1.29, 1.82) is 0 Å². The van der Waals surface area contributed by atoms with Gasteiger partial charge in [0, 0.05) is 19.6 Å². The van der Waals surface area contributed by atoms with Crippen LogP contribution in [0.15, 0.2) is 0 Å². The van der Waals surface area contributed by atoms with Crippen LogP contribution in [0.1, 0.15) is 27.2 Å². The molecule has 0 aromatic heterocycles. The van der Waals surface area contributed by atoms with Crippen LogP contribution in [-0.4, -0.2) is 51.3 Å². The van der Waals surface area contributed by atoms with Crippen molar-refractivity contribution in [3.63, 3.8) is 0 Å². The summed E-state index contributed by atoms with van der Waals surface area (Å²) in [7, 11) is -3.24. The monoisotopic (exact) mass is 251 g/mol. The molecular formula is C10H25N3O2S. The molecule has 0 amide bonds. The largest absolute Gasteiger partial charge is 0.329 e. The predicted octanol–water partition coefficient (Wildman–Crippen LogP) is -0.0151. The van der Waals surface area contributed by atoms with Gasteiger partial charge >= 0.3 is 0 Å². The normalized spacial score (nSPS) is 14.3. The van der Waals surface area contributed by atoms with E-state index in [9.17, 15) is 8.42 Å². The highest BCUT2D eigenvalue weighted by molar-refractivity contribution is 7.90. The lowest BCUT2D eigenvalue weighted by Crippen LogP contribution is -2.42. The van der Waals surface area contributed by atoms with E-state index in [-0.39, 0.29) is 6.54 Å². The maximum atomic E-state index is 11.7. The minimum Gasteiger partial charge on any atom is -0.329 e. The molecule has 0 radical (unpaired) electrons. The molecule has 0 spiro atoms. The molecule has 0 saturated carbocycles. The summed E-state index contributed by atoms with van der Waals surface area (Å²) in [5.41, 5.74) is 5.42. The molecule has 0 aliphatic carbocycles. The van der Waals surface area contributed by atoms with Crippen LogP contribution in [0.5, 0.6) is 0 Å². The lowest BCUT2D eigenvalue weighted by molar-refractivity contribution is 0.308. The fourth-order valence-corrected chi connectivity index (χ4v) is 2.82. The molecule has 0 aromatic carbocycles. The highest BCUT2D eigenvalue weighted by atomic mass is 32.2. The van der Waals surface area contributed by atoms with Gasteiger partial charge in [0.1, 0.15) is 0 Å². The van der Waals surface area contributed by atoms with Crippen LogP contribution in [0.4, 0.5) is 0 Å². The molecule has 0 aromatic rings. The molecule has 3 N–H and O–H groups in total. The first-order chi connectivity index (χ1) is 7.51. The molecule has 5 nitrogen and oxygen atoms in total. The van der Waals surface area contributed by atoms with Crippen LogP contribution in [0.2, 0.25) is 0 Å². The van der Waals surface area contributed by atoms with Crippen LogP contribution < -0.4 is 10.5 Å². The van der Waals surface area contributed by atoms with Crippen LogP contribution >= 0.6 is 0 Å². The first-order valence-corrected chi connectivity index (χ1v) is 7.47. The summed E-state index contributed by atoms with van der Waals surface area (Å²) in [6.45, 7) is 9.21. The highest BCUT2D eigenvalue weighted by Crippen LogP contribution is 2.01. The Morgan fingerprint density at radius 2 is 1.81 bits per heavy atom. The van der Waals surface area contributed by atoms with Gasteiger partial charge in [-0.1, -0.05) is 20.8 Å². The molecule has 0 aliphatic heterocycles. The standard InChI is InChI=1S/C10H25N3O2S/c1-4-10(9-11)16(14,15)12-7-8-13(5-2)6-3/h10,12H,4-9,11H2,1-3H3. The van der Waals surface area contributed by atoms with Crippen molar-refractivity contribution in [2.45, 2.75) is 32.4 Å². The van der Waals surface area contributed by atoms with Crippen LogP contribution in [0.3, 0.4) is 0 Å². The summed E-state index contributed by atoms with van der Waals surface area (Å²) in [5, 5.41) is -0.468. The van der Waals surface area contributed by atoms with E-state index < -0.39 is 15.3 Å². The van der Waals surface area contributed by atoms with Crippen LogP contribution in [0.25, 0.3) is 0 Å². The Morgan fingerprint density at radius 1 is 1.25 bits per heavy atom. The number of hydrogen-bond acceptors (Lipinski definition) is 4. The molecule has 0 rings (SSSR count). The number of nitrogens with two attached hydrogens (primary N) is 1. The first-order valence-electron chi connectivity index (χ1n) is 5.92. The zero-order chi connectivity index (χ0) is 12.6. The number of likely N-dealkylation sites (N-methyl/N-ethyl adjacent to an activating group) is 1. The summed E-state index contributed by atoms with van der Waals surface area (Å²) in [5.74, 6) is 0. The SMILES string of the molecule is CCC(CN)S(=O)(=O)NCCN(CC)CC. The molecule has 1 atom stereocenters. The second kappa shape index (κ2) is 8.00. The third-order valence-electron chi connectivity index (χ3n) is 2.78. The quantitative estimate of drug-likeness (QED) is 0.604. The van der Waals surface area contributed by atoms with Crippen molar-refractivity contribution in [2.75, 3.05) is 32.7 Å². The Balaban J connectivity index is 4.09. The molecule has 16 heavy (non-hydrogen) atoms. The zero-order valence-corrected chi connectivity index (χ0v) is 11.4. The lowest BCUT2D eigenvalue weighted by atomic mass is 10.3. The zero-order valence-electron chi connectivity index (χ0n) is 10.6. The van der Waals surface area contributed by atoms with E-state index in [2.05, 4.69) is 23.5 Å². The van der Waals surface area contributed by atoms with E-state index in [1.165, 1.54) is 0 Å². The predicted molar refractivity (Wildman–Crippen MR) is 67.8 cm³/mol. The minimum absolute atomic E-state index is 0.178. The van der Waals surface area contributed by atoms with E-state index in [1.807, 2.05) is 6.92 Å². The van der Waals surface area contributed by atoms with Gasteiger partial charge in [0.25, 0.3) is 0 Å². The van der Waals surface area contributed by atoms with Gasteiger partial charge in [-0.05, 0) is 19.5 Å². The van der Waals surface area contributed by atoms with Gasteiger partial charge in [-0.25, -0.2) is 13.1 Å². The average molecular weight is 251 g/mol. The van der Waals surface area contributed by atoms with Gasteiger partial charge in [-0.15, -0.1) is 0 Å². The van der Waals surface area contributed by atoms with E-state index in [0.29, 0.717) is 13.0 Å². The van der Waals surface area contributed by atoms with Crippen molar-refractivity contribution >= 4 is 10.0 Å². The van der Waals surface area contributed by atoms with Crippen molar-refractivity contribution in [2.24, 2.45) is 5.73 Å². The fraction of sp³-hybridized carbons (Fsp3) is 1.00. The van der Waals surface area contributed by atoms with Crippen molar-refractivity contribution in [3.05, 3.63) is 0 Å². The molecule has 0 heterocycles. The molecule has 0 fully saturated rings. The second-order valence-electron chi connectivity index (χ2n) is 3.73. The smallest absolute Gasteiger partial charge is 0.215 e. The number of nitrogens with one attached hydrogen (secondary N) is 1. The molecular weight excluding hydrogens is 226 g/mol. The van der Waals surface area contributed by atoms with Gasteiger partial charge in [-0.2, -0.15) is 0 Å². The molecule has 0 aliphatic rings. The topological polar surface area (TPSA) is 75.4 Å². The molecule has 0 saturated heterocycles. The van der Waals surface area contributed by atoms with Crippen LogP contribution in [0, 0.1) is 0 Å². The Hall–Kier alpha value is -0.170. The third kappa shape index (κ3) is 5.25. The second-order valence-corrected chi connectivity index (χ2v) is 5.78. The molecule has 6 heteroatoms. The average Bonchev–Trinajstić information content (AvgIpc) is 2.25. The van der Waals surface area contributed by atoms with E-state index in [4.69, 9.17) is 5.73 Å². The Morgan fingerprint density at radius 3 is 2.19 bits per heavy atom. The first kappa shape index (κ1) is 15.8. The molecule has 98 valence electrons. The van der Waals surface area contributed by atoms with Crippen molar-refractivity contribution in [1.82, 2.24) is 9.62 Å². The van der Waals surface area contributed by atoms with Crippen molar-refractivity contribution < 1.29 is 8.42 Å². The highest BCUT2D eigenvalue weighted by Gasteiger charge is 2.21.